The van der Waals surface area contributed by atoms with Crippen LogP contribution in [0.25, 0.3) is 0 Å². The molecule has 1 heterocycles. The summed E-state index contributed by atoms with van der Waals surface area (Å²) in [6.45, 7) is 2.31. The maximum Gasteiger partial charge on any atom is 0.234 e. The number of carbonyl (C=O) groups excluding carboxylic acids is 1. The molecule has 2 aromatic rings. The van der Waals surface area contributed by atoms with Crippen LogP contribution in [0.3, 0.4) is 0 Å². The Morgan fingerprint density at radius 2 is 2.19 bits per heavy atom. The lowest BCUT2D eigenvalue weighted by Crippen LogP contribution is -2.32. The molecule has 1 unspecified atom stereocenters. The Kier molecular flexibility index (Phi) is 5.29. The van der Waals surface area contributed by atoms with Gasteiger partial charge in [0.1, 0.15) is 12.4 Å². The largest absolute Gasteiger partial charge is 0.487 e. The van der Waals surface area contributed by atoms with E-state index in [9.17, 15) is 4.79 Å². The van der Waals surface area contributed by atoms with E-state index in [1.54, 1.807) is 6.20 Å². The smallest absolute Gasteiger partial charge is 0.234 e. The van der Waals surface area contributed by atoms with Crippen LogP contribution < -0.4 is 15.8 Å². The van der Waals surface area contributed by atoms with Crippen molar-refractivity contribution >= 4 is 5.91 Å². The van der Waals surface area contributed by atoms with E-state index < -0.39 is 0 Å². The molecule has 5 nitrogen and oxygen atoms in total. The molecule has 1 aromatic carbocycles. The molecule has 1 amide bonds. The summed E-state index contributed by atoms with van der Waals surface area (Å²) < 4.78 is 5.71. The van der Waals surface area contributed by atoms with Crippen molar-refractivity contribution in [1.29, 1.82) is 0 Å². The first-order valence-corrected chi connectivity index (χ1v) is 6.81. The number of rotatable bonds is 6. The number of hydrogen-bond acceptors (Lipinski definition) is 4. The van der Waals surface area contributed by atoms with Gasteiger partial charge in [-0.25, -0.2) is 0 Å². The zero-order chi connectivity index (χ0) is 15.1. The van der Waals surface area contributed by atoms with Gasteiger partial charge in [0.25, 0.3) is 0 Å². The lowest BCUT2D eigenvalue weighted by molar-refractivity contribution is -0.120. The molecule has 21 heavy (non-hydrogen) atoms. The first-order chi connectivity index (χ1) is 10.2. The zero-order valence-corrected chi connectivity index (χ0v) is 12.0. The van der Waals surface area contributed by atoms with Crippen molar-refractivity contribution < 1.29 is 9.53 Å². The highest BCUT2D eigenvalue weighted by Crippen LogP contribution is 2.19. The molecule has 0 saturated heterocycles. The third-order valence-electron chi connectivity index (χ3n) is 3.03. The number of nitrogens with one attached hydrogen (secondary N) is 1. The molecule has 1 aromatic heterocycles. The molecule has 0 saturated carbocycles. The summed E-state index contributed by atoms with van der Waals surface area (Å²) in [5.74, 6) is 0.564. The van der Waals surface area contributed by atoms with Crippen LogP contribution in [0.2, 0.25) is 0 Å². The molecule has 2 rings (SSSR count). The minimum absolute atomic E-state index is 0.0137. The number of amides is 1. The lowest BCUT2D eigenvalue weighted by atomic mass is 10.1. The third kappa shape index (κ3) is 4.57. The van der Waals surface area contributed by atoms with Gasteiger partial charge in [-0.15, -0.1) is 0 Å². The van der Waals surface area contributed by atoms with Crippen LogP contribution in [0.15, 0.2) is 48.7 Å². The van der Waals surface area contributed by atoms with Gasteiger partial charge < -0.3 is 15.8 Å². The molecule has 1 atom stereocenters. The van der Waals surface area contributed by atoms with E-state index in [2.05, 4.69) is 10.3 Å². The molecule has 0 aliphatic carbocycles. The van der Waals surface area contributed by atoms with Gasteiger partial charge in [-0.1, -0.05) is 18.2 Å². The molecule has 5 heteroatoms. The van der Waals surface area contributed by atoms with E-state index in [4.69, 9.17) is 10.5 Å². The quantitative estimate of drug-likeness (QED) is 0.848. The maximum atomic E-state index is 11.3. The molecule has 0 aliphatic rings. The Morgan fingerprint density at radius 3 is 2.90 bits per heavy atom. The Hall–Kier alpha value is -2.40. The molecule has 3 N–H and O–H groups in total. The second-order valence-electron chi connectivity index (χ2n) is 4.68. The van der Waals surface area contributed by atoms with Gasteiger partial charge >= 0.3 is 0 Å². The van der Waals surface area contributed by atoms with Gasteiger partial charge in [-0.3, -0.25) is 9.78 Å². The van der Waals surface area contributed by atoms with Crippen LogP contribution in [0.1, 0.15) is 24.2 Å². The normalized spacial score (nSPS) is 11.7. The topological polar surface area (TPSA) is 77.2 Å². The van der Waals surface area contributed by atoms with Crippen LogP contribution in [-0.2, 0) is 11.4 Å². The minimum Gasteiger partial charge on any atom is -0.487 e. The van der Waals surface area contributed by atoms with Gasteiger partial charge in [-0.2, -0.15) is 0 Å². The van der Waals surface area contributed by atoms with Gasteiger partial charge in [0.05, 0.1) is 18.3 Å². The molecule has 0 aliphatic heterocycles. The van der Waals surface area contributed by atoms with Crippen molar-refractivity contribution in [2.24, 2.45) is 5.73 Å². The standard InChI is InChI=1S/C16H19N3O2/c1-12(19-16(20)10-17)13-5-4-7-15(9-13)21-11-14-6-2-3-8-18-14/h2-9,12H,10-11,17H2,1H3,(H,19,20). The highest BCUT2D eigenvalue weighted by molar-refractivity contribution is 5.78. The SMILES string of the molecule is CC(NC(=O)CN)c1cccc(OCc2ccccn2)c1. The number of ether oxygens (including phenoxy) is 1. The van der Waals surface area contributed by atoms with E-state index in [1.807, 2.05) is 49.4 Å². The average Bonchev–Trinajstić information content (AvgIpc) is 2.54. The first-order valence-electron chi connectivity index (χ1n) is 6.81. The van der Waals surface area contributed by atoms with E-state index >= 15 is 0 Å². The summed E-state index contributed by atoms with van der Waals surface area (Å²) in [5, 5.41) is 2.82. The zero-order valence-electron chi connectivity index (χ0n) is 12.0. The summed E-state index contributed by atoms with van der Waals surface area (Å²) in [6.07, 6.45) is 1.74. The number of carbonyl (C=O) groups is 1. The summed E-state index contributed by atoms with van der Waals surface area (Å²) in [7, 11) is 0. The minimum atomic E-state index is -0.178. The number of aromatic nitrogens is 1. The van der Waals surface area contributed by atoms with Gasteiger partial charge in [0.15, 0.2) is 0 Å². The fourth-order valence-corrected chi connectivity index (χ4v) is 1.90. The fourth-order valence-electron chi connectivity index (χ4n) is 1.90. The molecule has 0 fully saturated rings. The Bertz CT molecular complexity index is 587. The molecular weight excluding hydrogens is 266 g/mol. The lowest BCUT2D eigenvalue weighted by Gasteiger charge is -2.15. The highest BCUT2D eigenvalue weighted by atomic mass is 16.5. The van der Waals surface area contributed by atoms with Crippen LogP contribution in [0.5, 0.6) is 5.75 Å². The number of nitrogens with zero attached hydrogens (tertiary/aromatic N) is 1. The predicted octanol–water partition coefficient (Wildman–Crippen LogP) is 1.80. The van der Waals surface area contributed by atoms with Gasteiger partial charge in [0, 0.05) is 6.20 Å². The summed E-state index contributed by atoms with van der Waals surface area (Å²) in [4.78, 5) is 15.5. The van der Waals surface area contributed by atoms with E-state index in [0.29, 0.717) is 6.61 Å². The molecular formula is C16H19N3O2. The van der Waals surface area contributed by atoms with Crippen LogP contribution in [-0.4, -0.2) is 17.4 Å². The number of nitrogens with two attached hydrogens (primary N) is 1. The van der Waals surface area contributed by atoms with Crippen LogP contribution in [0, 0.1) is 0 Å². The van der Waals surface area contributed by atoms with Crippen molar-refractivity contribution in [2.45, 2.75) is 19.6 Å². The Labute approximate surface area is 124 Å². The number of pyridine rings is 1. The monoisotopic (exact) mass is 285 g/mol. The maximum absolute atomic E-state index is 11.3. The van der Waals surface area contributed by atoms with Crippen molar-refractivity contribution in [3.05, 3.63) is 59.9 Å². The fraction of sp³-hybridized carbons (Fsp3) is 0.250. The molecule has 0 radical (unpaired) electrons. The highest BCUT2D eigenvalue weighted by Gasteiger charge is 2.09. The van der Waals surface area contributed by atoms with Crippen molar-refractivity contribution in [2.75, 3.05) is 6.54 Å². The average molecular weight is 285 g/mol. The molecule has 0 bridgehead atoms. The van der Waals surface area contributed by atoms with Gasteiger partial charge in [-0.05, 0) is 36.8 Å². The first kappa shape index (κ1) is 15.0. The third-order valence-corrected chi connectivity index (χ3v) is 3.03. The second kappa shape index (κ2) is 7.40. The van der Waals surface area contributed by atoms with Crippen molar-refractivity contribution in [3.63, 3.8) is 0 Å². The molecule has 0 spiro atoms. The van der Waals surface area contributed by atoms with Crippen molar-refractivity contribution in [3.8, 4) is 5.75 Å². The number of benzene rings is 1. The Morgan fingerprint density at radius 1 is 1.33 bits per heavy atom. The molecule has 110 valence electrons. The predicted molar refractivity (Wildman–Crippen MR) is 80.6 cm³/mol. The van der Waals surface area contributed by atoms with Crippen LogP contribution in [0.4, 0.5) is 0 Å². The van der Waals surface area contributed by atoms with E-state index in [0.717, 1.165) is 17.0 Å². The van der Waals surface area contributed by atoms with E-state index in [-0.39, 0.29) is 18.5 Å². The van der Waals surface area contributed by atoms with Crippen molar-refractivity contribution in [1.82, 2.24) is 10.3 Å². The van der Waals surface area contributed by atoms with Gasteiger partial charge in [0.2, 0.25) is 5.91 Å². The van der Waals surface area contributed by atoms with E-state index in [1.165, 1.54) is 0 Å². The van der Waals surface area contributed by atoms with Crippen LogP contribution >= 0.6 is 0 Å². The second-order valence-corrected chi connectivity index (χ2v) is 4.68. The number of hydrogen-bond donors (Lipinski definition) is 2. The summed E-state index contributed by atoms with van der Waals surface area (Å²) >= 11 is 0. The summed E-state index contributed by atoms with van der Waals surface area (Å²) in [6, 6.07) is 13.2. The Balaban J connectivity index is 1.99. The summed E-state index contributed by atoms with van der Waals surface area (Å²) in [5.41, 5.74) is 7.13.